The van der Waals surface area contributed by atoms with Crippen LogP contribution in [0.1, 0.15) is 47.4 Å². The van der Waals surface area contributed by atoms with Gasteiger partial charge in [-0.2, -0.15) is 5.10 Å². The van der Waals surface area contributed by atoms with E-state index >= 15 is 0 Å². The van der Waals surface area contributed by atoms with Gasteiger partial charge in [0, 0.05) is 19.0 Å². The number of likely N-dealkylation sites (N-methyl/N-ethyl adjacent to an activating group) is 1. The number of para-hydroxylation sites is 1. The van der Waals surface area contributed by atoms with Crippen molar-refractivity contribution < 1.29 is 18.7 Å². The molecule has 1 fully saturated rings. The molecule has 1 aromatic heterocycles. The van der Waals surface area contributed by atoms with E-state index in [0.717, 1.165) is 24.2 Å². The summed E-state index contributed by atoms with van der Waals surface area (Å²) in [7, 11) is 0. The lowest BCUT2D eigenvalue weighted by Crippen LogP contribution is -2.34. The maximum Gasteiger partial charge on any atom is 0.357 e. The summed E-state index contributed by atoms with van der Waals surface area (Å²) < 4.78 is 20.3. The standard InChI is InChI=1S/C24H24FN3O3/c1-2-27(15-17-7-6-8-19(25)13-17)23(29)16-31-24(30)22-14-21(18-11-12-18)26-28(22)20-9-4-3-5-10-20/h3-10,13-14,18H,2,11-12,15-16H2,1H3. The van der Waals surface area contributed by atoms with E-state index in [9.17, 15) is 14.0 Å². The number of aromatic nitrogens is 2. The fraction of sp³-hybridized carbons (Fsp3) is 0.292. The molecule has 7 heteroatoms. The van der Waals surface area contributed by atoms with Crippen LogP contribution in [0.3, 0.4) is 0 Å². The molecule has 0 atom stereocenters. The Kier molecular flexibility index (Phi) is 6.11. The number of hydrogen-bond acceptors (Lipinski definition) is 4. The number of benzene rings is 2. The highest BCUT2D eigenvalue weighted by Crippen LogP contribution is 2.39. The van der Waals surface area contributed by atoms with Gasteiger partial charge in [0.15, 0.2) is 12.3 Å². The highest BCUT2D eigenvalue weighted by atomic mass is 19.1. The van der Waals surface area contributed by atoms with Gasteiger partial charge in [0.1, 0.15) is 5.82 Å². The van der Waals surface area contributed by atoms with Gasteiger partial charge in [0.05, 0.1) is 11.4 Å². The summed E-state index contributed by atoms with van der Waals surface area (Å²) in [5.41, 5.74) is 2.60. The van der Waals surface area contributed by atoms with Gasteiger partial charge in [-0.1, -0.05) is 30.3 Å². The third-order valence-electron chi connectivity index (χ3n) is 5.26. The maximum absolute atomic E-state index is 13.4. The summed E-state index contributed by atoms with van der Waals surface area (Å²) >= 11 is 0. The van der Waals surface area contributed by atoms with Crippen LogP contribution in [0.25, 0.3) is 5.69 Å². The number of halogens is 1. The molecular weight excluding hydrogens is 397 g/mol. The summed E-state index contributed by atoms with van der Waals surface area (Å²) in [6.45, 7) is 2.10. The highest BCUT2D eigenvalue weighted by Gasteiger charge is 2.29. The average molecular weight is 421 g/mol. The Morgan fingerprint density at radius 3 is 2.58 bits per heavy atom. The number of esters is 1. The van der Waals surface area contributed by atoms with E-state index in [4.69, 9.17) is 4.74 Å². The summed E-state index contributed by atoms with van der Waals surface area (Å²) in [6.07, 6.45) is 2.12. The Morgan fingerprint density at radius 2 is 1.90 bits per heavy atom. The molecule has 2 aromatic carbocycles. The predicted octanol–water partition coefficient (Wildman–Crippen LogP) is 4.09. The van der Waals surface area contributed by atoms with Crippen molar-refractivity contribution in [3.8, 4) is 5.69 Å². The summed E-state index contributed by atoms with van der Waals surface area (Å²) in [5.74, 6) is -0.917. The van der Waals surface area contributed by atoms with Crippen molar-refractivity contribution in [2.75, 3.05) is 13.2 Å². The summed E-state index contributed by atoms with van der Waals surface area (Å²) in [5, 5.41) is 4.59. The van der Waals surface area contributed by atoms with Gasteiger partial charge in [0.25, 0.3) is 5.91 Å². The molecule has 1 heterocycles. The fourth-order valence-electron chi connectivity index (χ4n) is 3.41. The summed E-state index contributed by atoms with van der Waals surface area (Å²) in [6, 6.07) is 17.2. The van der Waals surface area contributed by atoms with Crippen molar-refractivity contribution in [3.05, 3.63) is 83.4 Å². The van der Waals surface area contributed by atoms with E-state index in [-0.39, 0.29) is 24.9 Å². The lowest BCUT2D eigenvalue weighted by atomic mass is 10.2. The SMILES string of the molecule is CCN(Cc1cccc(F)c1)C(=O)COC(=O)c1cc(C2CC2)nn1-c1ccccc1. The Morgan fingerprint density at radius 1 is 1.13 bits per heavy atom. The smallest absolute Gasteiger partial charge is 0.357 e. The van der Waals surface area contributed by atoms with Crippen LogP contribution in [0.5, 0.6) is 0 Å². The van der Waals surface area contributed by atoms with E-state index in [1.54, 1.807) is 22.9 Å². The Balaban J connectivity index is 1.45. The Hall–Kier alpha value is -3.48. The van der Waals surface area contributed by atoms with E-state index < -0.39 is 5.97 Å². The topological polar surface area (TPSA) is 64.4 Å². The molecule has 4 rings (SSSR count). The number of nitrogens with zero attached hydrogens (tertiary/aromatic N) is 3. The molecule has 6 nitrogen and oxygen atoms in total. The highest BCUT2D eigenvalue weighted by molar-refractivity contribution is 5.90. The second-order valence-corrected chi connectivity index (χ2v) is 7.59. The molecule has 0 unspecified atom stereocenters. The third kappa shape index (κ3) is 4.99. The molecule has 31 heavy (non-hydrogen) atoms. The lowest BCUT2D eigenvalue weighted by Gasteiger charge is -2.21. The van der Waals surface area contributed by atoms with Crippen molar-refractivity contribution in [1.82, 2.24) is 14.7 Å². The van der Waals surface area contributed by atoms with E-state index in [2.05, 4.69) is 5.10 Å². The molecular formula is C24H24FN3O3. The van der Waals surface area contributed by atoms with Crippen LogP contribution < -0.4 is 0 Å². The van der Waals surface area contributed by atoms with Crippen LogP contribution >= 0.6 is 0 Å². The molecule has 160 valence electrons. The number of ether oxygens (including phenoxy) is 1. The predicted molar refractivity (Wildman–Crippen MR) is 113 cm³/mol. The third-order valence-corrected chi connectivity index (χ3v) is 5.26. The van der Waals surface area contributed by atoms with E-state index in [1.807, 2.05) is 37.3 Å². The molecule has 1 saturated carbocycles. The Bertz CT molecular complexity index is 1080. The molecule has 0 radical (unpaired) electrons. The minimum Gasteiger partial charge on any atom is -0.451 e. The normalized spacial score (nSPS) is 13.1. The first-order valence-electron chi connectivity index (χ1n) is 10.4. The van der Waals surface area contributed by atoms with Crippen molar-refractivity contribution >= 4 is 11.9 Å². The Labute approximate surface area is 180 Å². The van der Waals surface area contributed by atoms with Gasteiger partial charge in [-0.05, 0) is 55.7 Å². The molecule has 0 N–H and O–H groups in total. The van der Waals surface area contributed by atoms with Crippen molar-refractivity contribution in [2.24, 2.45) is 0 Å². The molecule has 0 aliphatic heterocycles. The number of amides is 1. The molecule has 0 saturated heterocycles. The van der Waals surface area contributed by atoms with Gasteiger partial charge in [-0.15, -0.1) is 0 Å². The molecule has 0 bridgehead atoms. The first-order chi connectivity index (χ1) is 15.0. The van der Waals surface area contributed by atoms with Gasteiger partial charge in [-0.3, -0.25) is 4.79 Å². The lowest BCUT2D eigenvalue weighted by molar-refractivity contribution is -0.135. The van der Waals surface area contributed by atoms with E-state index in [0.29, 0.717) is 23.7 Å². The minimum absolute atomic E-state index is 0.248. The zero-order chi connectivity index (χ0) is 21.8. The minimum atomic E-state index is -0.599. The van der Waals surface area contributed by atoms with Crippen molar-refractivity contribution in [3.63, 3.8) is 0 Å². The van der Waals surface area contributed by atoms with Crippen molar-refractivity contribution in [2.45, 2.75) is 32.2 Å². The van der Waals surface area contributed by atoms with Crippen LogP contribution in [0.2, 0.25) is 0 Å². The number of hydrogen-bond donors (Lipinski definition) is 0. The zero-order valence-electron chi connectivity index (χ0n) is 17.3. The number of carbonyl (C=O) groups excluding carboxylic acids is 2. The molecule has 3 aromatic rings. The van der Waals surface area contributed by atoms with Crippen LogP contribution in [0.4, 0.5) is 4.39 Å². The number of carbonyl (C=O) groups is 2. The fourth-order valence-corrected chi connectivity index (χ4v) is 3.41. The monoisotopic (exact) mass is 421 g/mol. The quantitative estimate of drug-likeness (QED) is 0.514. The average Bonchev–Trinajstić information content (AvgIpc) is 3.54. The molecule has 1 aliphatic rings. The van der Waals surface area contributed by atoms with Gasteiger partial charge < -0.3 is 9.64 Å². The van der Waals surface area contributed by atoms with E-state index in [1.165, 1.54) is 17.0 Å². The largest absolute Gasteiger partial charge is 0.451 e. The van der Waals surface area contributed by atoms with Crippen LogP contribution in [0.15, 0.2) is 60.7 Å². The van der Waals surface area contributed by atoms with Crippen LogP contribution in [-0.4, -0.2) is 39.7 Å². The number of rotatable bonds is 8. The van der Waals surface area contributed by atoms with Crippen LogP contribution in [-0.2, 0) is 16.1 Å². The first kappa shape index (κ1) is 20.8. The van der Waals surface area contributed by atoms with Gasteiger partial charge >= 0.3 is 5.97 Å². The maximum atomic E-state index is 13.4. The van der Waals surface area contributed by atoms with Crippen molar-refractivity contribution in [1.29, 1.82) is 0 Å². The van der Waals surface area contributed by atoms with Gasteiger partial charge in [0.2, 0.25) is 0 Å². The second-order valence-electron chi connectivity index (χ2n) is 7.59. The van der Waals surface area contributed by atoms with Crippen LogP contribution in [0, 0.1) is 5.82 Å². The molecule has 1 amide bonds. The summed E-state index contributed by atoms with van der Waals surface area (Å²) in [4.78, 5) is 26.9. The zero-order valence-corrected chi connectivity index (χ0v) is 17.3. The molecule has 1 aliphatic carbocycles. The molecule has 0 spiro atoms. The second kappa shape index (κ2) is 9.12. The first-order valence-corrected chi connectivity index (χ1v) is 10.4. The van der Waals surface area contributed by atoms with Gasteiger partial charge in [-0.25, -0.2) is 13.9 Å².